The van der Waals surface area contributed by atoms with Gasteiger partial charge in [-0.2, -0.15) is 5.10 Å². The van der Waals surface area contributed by atoms with Gasteiger partial charge < -0.3 is 5.32 Å². The van der Waals surface area contributed by atoms with Crippen molar-refractivity contribution in [3.8, 4) is 0 Å². The fourth-order valence-electron chi connectivity index (χ4n) is 2.12. The van der Waals surface area contributed by atoms with Gasteiger partial charge in [-0.1, -0.05) is 20.8 Å². The molecule has 6 heteroatoms. The van der Waals surface area contributed by atoms with Crippen molar-refractivity contribution in [2.45, 2.75) is 52.5 Å². The first kappa shape index (κ1) is 16.1. The minimum absolute atomic E-state index is 0.116. The number of thiazole rings is 1. The highest BCUT2D eigenvalue weighted by atomic mass is 32.1. The zero-order valence-corrected chi connectivity index (χ0v) is 14.6. The first-order valence-electron chi connectivity index (χ1n) is 7.33. The first-order chi connectivity index (χ1) is 9.77. The summed E-state index contributed by atoms with van der Waals surface area (Å²) >= 11 is 1.82. The van der Waals surface area contributed by atoms with Crippen molar-refractivity contribution in [3.63, 3.8) is 0 Å². The second kappa shape index (κ2) is 6.23. The van der Waals surface area contributed by atoms with Gasteiger partial charge in [0, 0.05) is 36.3 Å². The summed E-state index contributed by atoms with van der Waals surface area (Å²) in [5.74, 6) is 0.883. The van der Waals surface area contributed by atoms with Gasteiger partial charge in [0.15, 0.2) is 5.82 Å². The van der Waals surface area contributed by atoms with E-state index in [1.54, 1.807) is 11.0 Å². The largest absolute Gasteiger partial charge is 0.309 e. The van der Waals surface area contributed by atoms with Crippen molar-refractivity contribution < 1.29 is 0 Å². The molecule has 2 rings (SSSR count). The van der Waals surface area contributed by atoms with Gasteiger partial charge in [0.05, 0.1) is 10.7 Å². The van der Waals surface area contributed by atoms with Crippen LogP contribution in [0.2, 0.25) is 0 Å². The van der Waals surface area contributed by atoms with Gasteiger partial charge in [-0.05, 0) is 13.8 Å². The highest BCUT2D eigenvalue weighted by Crippen LogP contribution is 2.32. The highest BCUT2D eigenvalue weighted by molar-refractivity contribution is 7.12. The van der Waals surface area contributed by atoms with Gasteiger partial charge in [0.25, 0.3) is 0 Å². The summed E-state index contributed by atoms with van der Waals surface area (Å²) in [4.78, 5) is 10.3. The molecule has 0 saturated heterocycles. The van der Waals surface area contributed by atoms with Gasteiger partial charge in [-0.3, -0.25) is 4.68 Å². The molecule has 0 aromatic carbocycles. The van der Waals surface area contributed by atoms with Crippen LogP contribution in [-0.2, 0) is 18.9 Å². The molecule has 0 aliphatic heterocycles. The fourth-order valence-corrected chi connectivity index (χ4v) is 3.27. The second-order valence-corrected chi connectivity index (χ2v) is 7.51. The summed E-state index contributed by atoms with van der Waals surface area (Å²) in [5.41, 5.74) is 1.26. The summed E-state index contributed by atoms with van der Waals surface area (Å²) < 4.78 is 1.74. The van der Waals surface area contributed by atoms with E-state index in [9.17, 15) is 0 Å². The van der Waals surface area contributed by atoms with Crippen molar-refractivity contribution in [1.29, 1.82) is 0 Å². The number of hydrogen-bond acceptors (Lipinski definition) is 5. The maximum absolute atomic E-state index is 4.72. The molecule has 1 atom stereocenters. The van der Waals surface area contributed by atoms with Crippen molar-refractivity contribution >= 4 is 11.3 Å². The van der Waals surface area contributed by atoms with Crippen molar-refractivity contribution in [2.24, 2.45) is 7.05 Å². The van der Waals surface area contributed by atoms with Crippen molar-refractivity contribution in [3.05, 3.63) is 27.7 Å². The number of nitrogens with one attached hydrogen (secondary N) is 1. The molecule has 2 aromatic heterocycles. The Morgan fingerprint density at radius 1 is 1.38 bits per heavy atom. The van der Waals surface area contributed by atoms with Crippen molar-refractivity contribution in [2.75, 3.05) is 6.54 Å². The summed E-state index contributed by atoms with van der Waals surface area (Å²) in [6, 6.07) is 0.308. The van der Waals surface area contributed by atoms with Crippen LogP contribution in [0, 0.1) is 6.92 Å². The third-order valence-corrected chi connectivity index (χ3v) is 5.08. The monoisotopic (exact) mass is 307 g/mol. The topological polar surface area (TPSA) is 55.6 Å². The Balaban J connectivity index is 1.94. The minimum atomic E-state index is 0.116. The first-order valence-corrected chi connectivity index (χ1v) is 8.14. The molecule has 116 valence electrons. The lowest BCUT2D eigenvalue weighted by molar-refractivity contribution is 0.571. The van der Waals surface area contributed by atoms with Crippen LogP contribution < -0.4 is 5.32 Å². The van der Waals surface area contributed by atoms with Crippen LogP contribution in [0.25, 0.3) is 0 Å². The quantitative estimate of drug-likeness (QED) is 0.923. The molecule has 0 aliphatic rings. The van der Waals surface area contributed by atoms with Crippen LogP contribution in [0.1, 0.15) is 55.1 Å². The molecule has 0 saturated carbocycles. The van der Waals surface area contributed by atoms with E-state index in [2.05, 4.69) is 50.0 Å². The molecule has 2 aromatic rings. The molecule has 1 N–H and O–H groups in total. The Labute approximate surface area is 130 Å². The SMILES string of the molecule is Cc1nc(C(C)(C)C)sc1C(C)NCCc1ncn(C)n1. The summed E-state index contributed by atoms with van der Waals surface area (Å²) in [5, 5.41) is 9.04. The molecule has 0 radical (unpaired) electrons. The summed E-state index contributed by atoms with van der Waals surface area (Å²) in [7, 11) is 1.89. The molecule has 0 amide bonds. The molecule has 0 aliphatic carbocycles. The molecule has 2 heterocycles. The second-order valence-electron chi connectivity index (χ2n) is 6.48. The average Bonchev–Trinajstić information content (AvgIpc) is 2.95. The normalized spacial score (nSPS) is 13.6. The predicted molar refractivity (Wildman–Crippen MR) is 86.7 cm³/mol. The van der Waals surface area contributed by atoms with Crippen LogP contribution in [0.3, 0.4) is 0 Å². The van der Waals surface area contributed by atoms with E-state index in [1.165, 1.54) is 9.88 Å². The van der Waals surface area contributed by atoms with Gasteiger partial charge >= 0.3 is 0 Å². The van der Waals surface area contributed by atoms with Crippen LogP contribution >= 0.6 is 11.3 Å². The molecular formula is C15H25N5S. The fraction of sp³-hybridized carbons (Fsp3) is 0.667. The third kappa shape index (κ3) is 4.11. The van der Waals surface area contributed by atoms with Gasteiger partial charge in [0.1, 0.15) is 6.33 Å². The zero-order chi connectivity index (χ0) is 15.6. The van der Waals surface area contributed by atoms with Crippen LogP contribution in [0.4, 0.5) is 0 Å². The Kier molecular flexibility index (Phi) is 4.78. The maximum atomic E-state index is 4.72. The Morgan fingerprint density at radius 2 is 2.10 bits per heavy atom. The minimum Gasteiger partial charge on any atom is -0.309 e. The number of hydrogen-bond donors (Lipinski definition) is 1. The van der Waals surface area contributed by atoms with Crippen LogP contribution in [-0.4, -0.2) is 26.3 Å². The van der Waals surface area contributed by atoms with E-state index in [0.717, 1.165) is 24.5 Å². The predicted octanol–water partition coefficient (Wildman–Crippen LogP) is 2.77. The number of nitrogens with zero attached hydrogens (tertiary/aromatic N) is 4. The Hall–Kier alpha value is -1.27. The molecule has 21 heavy (non-hydrogen) atoms. The maximum Gasteiger partial charge on any atom is 0.151 e. The lowest BCUT2D eigenvalue weighted by Gasteiger charge is -2.14. The van der Waals surface area contributed by atoms with E-state index in [1.807, 2.05) is 18.4 Å². The molecule has 5 nitrogen and oxygen atoms in total. The Bertz CT molecular complexity index is 593. The number of aromatic nitrogens is 4. The summed E-state index contributed by atoms with van der Waals surface area (Å²) in [6.45, 7) is 11.8. The van der Waals surface area contributed by atoms with E-state index in [4.69, 9.17) is 4.98 Å². The zero-order valence-electron chi connectivity index (χ0n) is 13.8. The van der Waals surface area contributed by atoms with Crippen molar-refractivity contribution in [1.82, 2.24) is 25.1 Å². The lowest BCUT2D eigenvalue weighted by atomic mass is 9.98. The molecule has 0 fully saturated rings. The van der Waals surface area contributed by atoms with Gasteiger partial charge in [-0.15, -0.1) is 11.3 Å². The van der Waals surface area contributed by atoms with Crippen LogP contribution in [0.5, 0.6) is 0 Å². The Morgan fingerprint density at radius 3 is 2.62 bits per heavy atom. The van der Waals surface area contributed by atoms with E-state index < -0.39 is 0 Å². The summed E-state index contributed by atoms with van der Waals surface area (Å²) in [6.07, 6.45) is 2.58. The lowest BCUT2D eigenvalue weighted by Crippen LogP contribution is -2.21. The van der Waals surface area contributed by atoms with E-state index in [-0.39, 0.29) is 5.41 Å². The van der Waals surface area contributed by atoms with Gasteiger partial charge in [-0.25, -0.2) is 9.97 Å². The smallest absolute Gasteiger partial charge is 0.151 e. The number of rotatable bonds is 5. The van der Waals surface area contributed by atoms with Crippen LogP contribution in [0.15, 0.2) is 6.33 Å². The van der Waals surface area contributed by atoms with E-state index in [0.29, 0.717) is 6.04 Å². The number of aryl methyl sites for hydroxylation is 2. The molecule has 0 bridgehead atoms. The molecular weight excluding hydrogens is 282 g/mol. The third-order valence-electron chi connectivity index (χ3n) is 3.31. The average molecular weight is 307 g/mol. The molecule has 1 unspecified atom stereocenters. The standard InChI is InChI=1S/C15H25N5S/c1-10(16-8-7-12-17-9-20(6)19-12)13-11(2)18-14(21-13)15(3,4)5/h9-10,16H,7-8H2,1-6H3. The van der Waals surface area contributed by atoms with E-state index >= 15 is 0 Å². The highest BCUT2D eigenvalue weighted by Gasteiger charge is 2.22. The molecule has 0 spiro atoms. The van der Waals surface area contributed by atoms with Gasteiger partial charge in [0.2, 0.25) is 0 Å².